The number of halogens is 1. The number of ether oxygens (including phenoxy) is 3. The zero-order valence-electron chi connectivity index (χ0n) is 22.2. The van der Waals surface area contributed by atoms with Crippen LogP contribution in [-0.4, -0.2) is 78.2 Å². The van der Waals surface area contributed by atoms with Gasteiger partial charge in [0.1, 0.15) is 49.3 Å². The maximum absolute atomic E-state index is 11.2. The van der Waals surface area contributed by atoms with Gasteiger partial charge in [0.2, 0.25) is 5.91 Å². The van der Waals surface area contributed by atoms with Gasteiger partial charge in [-0.2, -0.15) is 10.5 Å². The number of amides is 1. The van der Waals surface area contributed by atoms with Gasteiger partial charge in [-0.3, -0.25) is 9.69 Å². The summed E-state index contributed by atoms with van der Waals surface area (Å²) in [5.41, 5.74) is 6.66. The third-order valence-corrected chi connectivity index (χ3v) is 5.60. The molecule has 0 saturated heterocycles. The highest BCUT2D eigenvalue weighted by Gasteiger charge is 2.17. The van der Waals surface area contributed by atoms with Crippen LogP contribution in [0.15, 0.2) is 72.8 Å². The summed E-state index contributed by atoms with van der Waals surface area (Å²) in [4.78, 5) is 13.1. The highest BCUT2D eigenvalue weighted by Crippen LogP contribution is 2.14. The Hall–Kier alpha value is -4.36. The van der Waals surface area contributed by atoms with Crippen LogP contribution in [-0.2, 0) is 0 Å². The van der Waals surface area contributed by atoms with Gasteiger partial charge in [-0.05, 0) is 72.8 Å². The Bertz CT molecular complexity index is 1210. The topological polar surface area (TPSA) is 194 Å². The second-order valence-electron chi connectivity index (χ2n) is 8.70. The molecule has 2 unspecified atom stereocenters. The monoisotopic (exact) mass is 584 g/mol. The van der Waals surface area contributed by atoms with Gasteiger partial charge in [0, 0.05) is 25.2 Å². The molecule has 0 aliphatic carbocycles. The molecule has 1 amide bonds. The van der Waals surface area contributed by atoms with Gasteiger partial charge >= 0.3 is 0 Å². The van der Waals surface area contributed by atoms with E-state index in [2.05, 4.69) is 0 Å². The summed E-state index contributed by atoms with van der Waals surface area (Å²) >= 11 is 0. The standard InChI is InChI=1S/C29H30N4O6.ClH.H2O/c30-15-21-1-7-27(8-2-21)38-19-24(34)17-33(13-14-37-26-11-5-23(6-12-26)29(32)36)18-25(35)20-39-28-9-3-22(16-31)4-10-28;;/h1-12,24-25,34-35H,13-14,17-20H2,(H2,32,36);1H;1H2. The van der Waals surface area contributed by atoms with Crippen LogP contribution >= 0.6 is 12.4 Å². The number of hydrogen-bond acceptors (Lipinski definition) is 9. The smallest absolute Gasteiger partial charge is 0.248 e. The van der Waals surface area contributed by atoms with Crippen molar-refractivity contribution in [2.75, 3.05) is 39.5 Å². The van der Waals surface area contributed by atoms with Gasteiger partial charge in [0.25, 0.3) is 0 Å². The summed E-state index contributed by atoms with van der Waals surface area (Å²) < 4.78 is 17.0. The molecule has 0 bridgehead atoms. The van der Waals surface area contributed by atoms with E-state index in [0.29, 0.717) is 40.5 Å². The first-order chi connectivity index (χ1) is 18.9. The third-order valence-electron chi connectivity index (χ3n) is 5.60. The molecule has 11 nitrogen and oxygen atoms in total. The van der Waals surface area contributed by atoms with E-state index in [1.54, 1.807) is 72.8 Å². The number of nitrogens with zero attached hydrogens (tertiary/aromatic N) is 3. The summed E-state index contributed by atoms with van der Waals surface area (Å²) in [6.45, 7) is 1.02. The number of carbonyl (C=O) groups excluding carboxylic acids is 1. The van der Waals surface area contributed by atoms with Crippen LogP contribution in [0.25, 0.3) is 0 Å². The largest absolute Gasteiger partial charge is 0.492 e. The molecule has 3 aromatic carbocycles. The summed E-state index contributed by atoms with van der Waals surface area (Å²) in [6.07, 6.45) is -1.75. The van der Waals surface area contributed by atoms with Crippen LogP contribution < -0.4 is 19.9 Å². The van der Waals surface area contributed by atoms with E-state index in [0.717, 1.165) is 0 Å². The van der Waals surface area contributed by atoms with Gasteiger partial charge in [-0.25, -0.2) is 0 Å². The lowest BCUT2D eigenvalue weighted by Gasteiger charge is -2.27. The van der Waals surface area contributed by atoms with Crippen molar-refractivity contribution in [3.8, 4) is 29.4 Å². The molecule has 0 aliphatic heterocycles. The van der Waals surface area contributed by atoms with Crippen molar-refractivity contribution in [1.29, 1.82) is 10.5 Å². The predicted molar refractivity (Wildman–Crippen MR) is 153 cm³/mol. The Balaban J connectivity index is 0.00000420. The molecular weight excluding hydrogens is 552 g/mol. The lowest BCUT2D eigenvalue weighted by atomic mass is 10.2. The minimum Gasteiger partial charge on any atom is -0.492 e. The van der Waals surface area contributed by atoms with E-state index in [1.807, 2.05) is 17.0 Å². The SMILES string of the molecule is Cl.N#Cc1ccc(OCC(O)CN(CCOc2ccc(C(N)=O)cc2)CC(O)COc2ccc(C#N)cc2)cc1.O. The first kappa shape index (κ1) is 34.7. The number of benzene rings is 3. The molecule has 0 radical (unpaired) electrons. The maximum atomic E-state index is 11.2. The number of aliphatic hydroxyl groups excluding tert-OH is 2. The molecule has 0 aliphatic rings. The Morgan fingerprint density at radius 3 is 1.54 bits per heavy atom. The Morgan fingerprint density at radius 1 is 0.756 bits per heavy atom. The van der Waals surface area contributed by atoms with E-state index in [9.17, 15) is 15.0 Å². The lowest BCUT2D eigenvalue weighted by Crippen LogP contribution is -2.43. The molecular formula is C29H33ClN4O7. The summed E-state index contributed by atoms with van der Waals surface area (Å²) in [5.74, 6) is 1.08. The molecule has 0 heterocycles. The summed E-state index contributed by atoms with van der Waals surface area (Å²) in [7, 11) is 0. The van der Waals surface area contributed by atoms with Crippen LogP contribution in [0.1, 0.15) is 21.5 Å². The quantitative estimate of drug-likeness (QED) is 0.238. The fourth-order valence-electron chi connectivity index (χ4n) is 3.60. The number of hydrogen-bond donors (Lipinski definition) is 3. The molecule has 0 aromatic heterocycles. The van der Waals surface area contributed by atoms with E-state index in [-0.39, 0.29) is 50.8 Å². The van der Waals surface area contributed by atoms with Gasteiger partial charge in [0.05, 0.1) is 23.3 Å². The maximum Gasteiger partial charge on any atom is 0.248 e. The van der Waals surface area contributed by atoms with E-state index in [1.165, 1.54) is 0 Å². The first-order valence-electron chi connectivity index (χ1n) is 12.2. The Morgan fingerprint density at radius 2 is 1.15 bits per heavy atom. The van der Waals surface area contributed by atoms with Gasteiger partial charge < -0.3 is 35.6 Å². The minimum atomic E-state index is -0.873. The van der Waals surface area contributed by atoms with Crippen molar-refractivity contribution in [3.05, 3.63) is 89.5 Å². The molecule has 0 saturated carbocycles. The number of rotatable bonds is 15. The zero-order valence-corrected chi connectivity index (χ0v) is 23.0. The van der Waals surface area contributed by atoms with Crippen molar-refractivity contribution in [1.82, 2.24) is 4.90 Å². The van der Waals surface area contributed by atoms with Gasteiger partial charge in [-0.1, -0.05) is 0 Å². The molecule has 3 rings (SSSR count). The van der Waals surface area contributed by atoms with E-state index < -0.39 is 18.1 Å². The molecule has 12 heteroatoms. The van der Waals surface area contributed by atoms with Crippen LogP contribution in [0.5, 0.6) is 17.2 Å². The second kappa shape index (κ2) is 18.1. The highest BCUT2D eigenvalue weighted by atomic mass is 35.5. The Labute approximate surface area is 244 Å². The highest BCUT2D eigenvalue weighted by molar-refractivity contribution is 5.92. The van der Waals surface area contributed by atoms with Crippen molar-refractivity contribution in [3.63, 3.8) is 0 Å². The van der Waals surface area contributed by atoms with Crippen LogP contribution in [0.3, 0.4) is 0 Å². The van der Waals surface area contributed by atoms with Crippen LogP contribution in [0.4, 0.5) is 0 Å². The van der Waals surface area contributed by atoms with Crippen molar-refractivity contribution >= 4 is 18.3 Å². The first-order valence-corrected chi connectivity index (χ1v) is 12.2. The van der Waals surface area contributed by atoms with E-state index >= 15 is 0 Å². The number of nitrogens with two attached hydrogens (primary N) is 1. The Kier molecular flexibility index (Phi) is 15.3. The molecule has 0 spiro atoms. The number of aliphatic hydroxyl groups is 2. The van der Waals surface area contributed by atoms with Gasteiger partial charge in [-0.15, -0.1) is 12.4 Å². The molecule has 41 heavy (non-hydrogen) atoms. The fraction of sp³-hybridized carbons (Fsp3) is 0.276. The lowest BCUT2D eigenvalue weighted by molar-refractivity contribution is 0.0268. The predicted octanol–water partition coefficient (Wildman–Crippen LogP) is 1.69. The average Bonchev–Trinajstić information content (AvgIpc) is 2.95. The normalized spacial score (nSPS) is 11.5. The third kappa shape index (κ3) is 12.1. The average molecular weight is 585 g/mol. The van der Waals surface area contributed by atoms with Crippen molar-refractivity contribution < 1.29 is 34.7 Å². The molecule has 0 fully saturated rings. The number of primary amides is 1. The fourth-order valence-corrected chi connectivity index (χ4v) is 3.60. The molecule has 2 atom stereocenters. The number of carbonyl (C=O) groups is 1. The van der Waals surface area contributed by atoms with Crippen molar-refractivity contribution in [2.45, 2.75) is 12.2 Å². The molecule has 218 valence electrons. The number of nitriles is 2. The van der Waals surface area contributed by atoms with Gasteiger partial charge in [0.15, 0.2) is 0 Å². The van der Waals surface area contributed by atoms with Crippen molar-refractivity contribution in [2.24, 2.45) is 5.73 Å². The van der Waals surface area contributed by atoms with E-state index in [4.69, 9.17) is 30.5 Å². The van der Waals surface area contributed by atoms with Crippen LogP contribution in [0.2, 0.25) is 0 Å². The molecule has 3 aromatic rings. The zero-order chi connectivity index (χ0) is 28.0. The molecule has 6 N–H and O–H groups in total. The minimum absolute atomic E-state index is 0. The second-order valence-corrected chi connectivity index (χ2v) is 8.70. The summed E-state index contributed by atoms with van der Waals surface area (Å²) in [5, 5.41) is 39.0. The van der Waals surface area contributed by atoms with Crippen LogP contribution in [0, 0.1) is 22.7 Å². The summed E-state index contributed by atoms with van der Waals surface area (Å²) in [6, 6.07) is 23.7.